The second kappa shape index (κ2) is 7.69. The Hall–Kier alpha value is -2.77. The molecule has 144 valence electrons. The molecule has 5 heteroatoms. The number of hydrogen-bond acceptors (Lipinski definition) is 3. The van der Waals surface area contributed by atoms with Crippen molar-refractivity contribution in [2.24, 2.45) is 0 Å². The van der Waals surface area contributed by atoms with Crippen LogP contribution >= 0.6 is 11.6 Å². The number of carbonyl (C=O) groups is 1. The van der Waals surface area contributed by atoms with Gasteiger partial charge in [0.15, 0.2) is 0 Å². The van der Waals surface area contributed by atoms with Crippen LogP contribution in [0, 0.1) is 11.3 Å². The van der Waals surface area contributed by atoms with E-state index in [1.54, 1.807) is 30.3 Å². The van der Waals surface area contributed by atoms with Crippen LogP contribution in [0.5, 0.6) is 0 Å². The number of amides is 1. The number of nitrogens with zero attached hydrogens (tertiary/aromatic N) is 2. The summed E-state index contributed by atoms with van der Waals surface area (Å²) < 4.78 is 0. The van der Waals surface area contributed by atoms with E-state index >= 15 is 0 Å². The van der Waals surface area contributed by atoms with E-state index in [1.165, 1.54) is 11.3 Å². The van der Waals surface area contributed by atoms with Gasteiger partial charge in [0.05, 0.1) is 0 Å². The zero-order chi connectivity index (χ0) is 20.5. The van der Waals surface area contributed by atoms with Gasteiger partial charge in [-0.1, -0.05) is 24.6 Å². The molecule has 0 bridgehead atoms. The minimum absolute atomic E-state index is 0.0621. The standard InChI is InChI=1S/C23H24ClN3O/c1-15-13-23(2,3)27(4)21-10-5-16(12-20(15)21)11-17(14-25)22(28)26-19-8-6-18(24)7-9-19/h5-12,15H,13H2,1-4H3,(H,26,28)/b17-11+. The minimum Gasteiger partial charge on any atom is -0.369 e. The Balaban J connectivity index is 1.87. The molecule has 0 fully saturated rings. The van der Waals surface area contributed by atoms with Gasteiger partial charge in [-0.05, 0) is 79.8 Å². The van der Waals surface area contributed by atoms with Crippen molar-refractivity contribution in [1.82, 2.24) is 0 Å². The molecule has 1 amide bonds. The van der Waals surface area contributed by atoms with Crippen LogP contribution in [-0.2, 0) is 4.79 Å². The maximum Gasteiger partial charge on any atom is 0.266 e. The lowest BCUT2D eigenvalue weighted by Gasteiger charge is -2.45. The molecular formula is C23H24ClN3O. The Bertz CT molecular complexity index is 970. The summed E-state index contributed by atoms with van der Waals surface area (Å²) in [5.74, 6) is -0.0307. The quantitative estimate of drug-likeness (QED) is 0.544. The molecule has 0 aliphatic carbocycles. The van der Waals surface area contributed by atoms with Gasteiger partial charge in [-0.3, -0.25) is 4.79 Å². The largest absolute Gasteiger partial charge is 0.369 e. The molecule has 1 unspecified atom stereocenters. The molecule has 28 heavy (non-hydrogen) atoms. The van der Waals surface area contributed by atoms with Crippen molar-refractivity contribution in [1.29, 1.82) is 5.26 Å². The number of anilines is 2. The second-order valence-electron chi connectivity index (χ2n) is 7.93. The first-order chi connectivity index (χ1) is 13.2. The lowest BCUT2D eigenvalue weighted by atomic mass is 9.80. The van der Waals surface area contributed by atoms with Crippen LogP contribution in [0.15, 0.2) is 48.0 Å². The topological polar surface area (TPSA) is 56.1 Å². The molecule has 0 radical (unpaired) electrons. The van der Waals surface area contributed by atoms with Crippen LogP contribution < -0.4 is 10.2 Å². The number of hydrogen-bond donors (Lipinski definition) is 1. The summed E-state index contributed by atoms with van der Waals surface area (Å²) in [7, 11) is 2.11. The molecule has 1 aliphatic rings. The number of rotatable bonds is 3. The predicted molar refractivity (Wildman–Crippen MR) is 116 cm³/mol. The van der Waals surface area contributed by atoms with E-state index in [1.807, 2.05) is 12.1 Å². The summed E-state index contributed by atoms with van der Waals surface area (Å²) in [6, 6.07) is 14.9. The molecule has 4 nitrogen and oxygen atoms in total. The van der Waals surface area contributed by atoms with Gasteiger partial charge in [-0.2, -0.15) is 5.26 Å². The summed E-state index contributed by atoms with van der Waals surface area (Å²) in [6.45, 7) is 6.71. The van der Waals surface area contributed by atoms with Gasteiger partial charge >= 0.3 is 0 Å². The average molecular weight is 394 g/mol. The summed E-state index contributed by atoms with van der Waals surface area (Å²) in [4.78, 5) is 14.8. The summed E-state index contributed by atoms with van der Waals surface area (Å²) in [5, 5.41) is 12.8. The Morgan fingerprint density at radius 1 is 1.29 bits per heavy atom. The van der Waals surface area contributed by atoms with E-state index in [0.717, 1.165) is 12.0 Å². The van der Waals surface area contributed by atoms with Crippen molar-refractivity contribution >= 4 is 35.0 Å². The Morgan fingerprint density at radius 3 is 2.61 bits per heavy atom. The van der Waals surface area contributed by atoms with Crippen LogP contribution in [-0.4, -0.2) is 18.5 Å². The zero-order valence-electron chi connectivity index (χ0n) is 16.6. The fourth-order valence-electron chi connectivity index (χ4n) is 3.73. The lowest BCUT2D eigenvalue weighted by molar-refractivity contribution is -0.112. The van der Waals surface area contributed by atoms with Gasteiger partial charge in [0.2, 0.25) is 0 Å². The maximum atomic E-state index is 12.5. The third kappa shape index (κ3) is 4.05. The van der Waals surface area contributed by atoms with E-state index in [9.17, 15) is 10.1 Å². The fraction of sp³-hybridized carbons (Fsp3) is 0.304. The van der Waals surface area contributed by atoms with Gasteiger partial charge in [-0.15, -0.1) is 0 Å². The zero-order valence-corrected chi connectivity index (χ0v) is 17.3. The van der Waals surface area contributed by atoms with E-state index in [4.69, 9.17) is 11.6 Å². The highest BCUT2D eigenvalue weighted by Crippen LogP contribution is 2.42. The predicted octanol–water partition coefficient (Wildman–Crippen LogP) is 5.61. The fourth-order valence-corrected chi connectivity index (χ4v) is 3.86. The number of nitrogens with one attached hydrogen (secondary N) is 1. The number of halogens is 1. The summed E-state index contributed by atoms with van der Waals surface area (Å²) in [5.41, 5.74) is 4.04. The van der Waals surface area contributed by atoms with Gasteiger partial charge < -0.3 is 10.2 Å². The molecule has 0 saturated carbocycles. The molecule has 2 aromatic carbocycles. The number of nitriles is 1. The van der Waals surface area contributed by atoms with Crippen LogP contribution in [0.3, 0.4) is 0 Å². The molecule has 1 aliphatic heterocycles. The lowest BCUT2D eigenvalue weighted by Crippen LogP contribution is -2.45. The molecule has 3 rings (SSSR count). The highest BCUT2D eigenvalue weighted by Gasteiger charge is 2.33. The second-order valence-corrected chi connectivity index (χ2v) is 8.36. The maximum absolute atomic E-state index is 12.5. The van der Waals surface area contributed by atoms with Gasteiger partial charge in [0.25, 0.3) is 5.91 Å². The molecule has 1 N–H and O–H groups in total. The van der Waals surface area contributed by atoms with Gasteiger partial charge in [-0.25, -0.2) is 0 Å². The van der Waals surface area contributed by atoms with Crippen LogP contribution in [0.2, 0.25) is 5.02 Å². The molecule has 0 saturated heterocycles. The highest BCUT2D eigenvalue weighted by molar-refractivity contribution is 6.30. The third-order valence-electron chi connectivity index (χ3n) is 5.44. The Labute approximate surface area is 171 Å². The summed E-state index contributed by atoms with van der Waals surface area (Å²) >= 11 is 5.86. The monoisotopic (exact) mass is 393 g/mol. The van der Waals surface area contributed by atoms with E-state index in [2.05, 4.69) is 50.2 Å². The molecule has 0 spiro atoms. The first kappa shape index (κ1) is 20.0. The Morgan fingerprint density at radius 2 is 1.96 bits per heavy atom. The molecular weight excluding hydrogens is 370 g/mol. The molecule has 1 atom stereocenters. The summed E-state index contributed by atoms with van der Waals surface area (Å²) in [6.07, 6.45) is 2.68. The van der Waals surface area contributed by atoms with Crippen molar-refractivity contribution < 1.29 is 4.79 Å². The van der Waals surface area contributed by atoms with Crippen molar-refractivity contribution in [3.8, 4) is 6.07 Å². The SMILES string of the molecule is CC1CC(C)(C)N(C)c2ccc(/C=C(\C#N)C(=O)Nc3ccc(Cl)cc3)cc21. The smallest absolute Gasteiger partial charge is 0.266 e. The van der Waals surface area contributed by atoms with Gasteiger partial charge in [0, 0.05) is 29.0 Å². The van der Waals surface area contributed by atoms with Crippen molar-refractivity contribution in [3.05, 3.63) is 64.2 Å². The Kier molecular flexibility index (Phi) is 5.49. The highest BCUT2D eigenvalue weighted by atomic mass is 35.5. The van der Waals surface area contributed by atoms with Crippen molar-refractivity contribution in [2.45, 2.75) is 38.6 Å². The molecule has 0 aromatic heterocycles. The molecule has 1 heterocycles. The van der Waals surface area contributed by atoms with E-state index in [-0.39, 0.29) is 11.1 Å². The van der Waals surface area contributed by atoms with Crippen LogP contribution in [0.1, 0.15) is 44.2 Å². The molecule has 2 aromatic rings. The van der Waals surface area contributed by atoms with E-state index < -0.39 is 5.91 Å². The van der Waals surface area contributed by atoms with Crippen molar-refractivity contribution in [2.75, 3.05) is 17.3 Å². The normalized spacial score (nSPS) is 18.2. The number of fused-ring (bicyclic) bond motifs is 1. The van der Waals surface area contributed by atoms with Gasteiger partial charge in [0.1, 0.15) is 11.6 Å². The first-order valence-electron chi connectivity index (χ1n) is 9.28. The number of benzene rings is 2. The van der Waals surface area contributed by atoms with E-state index in [0.29, 0.717) is 16.6 Å². The first-order valence-corrected chi connectivity index (χ1v) is 9.65. The number of carbonyl (C=O) groups excluding carboxylic acids is 1. The average Bonchev–Trinajstić information content (AvgIpc) is 2.65. The third-order valence-corrected chi connectivity index (χ3v) is 5.69. The minimum atomic E-state index is -0.436. The van der Waals surface area contributed by atoms with Crippen LogP contribution in [0.4, 0.5) is 11.4 Å². The van der Waals surface area contributed by atoms with Crippen LogP contribution in [0.25, 0.3) is 6.08 Å². The van der Waals surface area contributed by atoms with Crippen molar-refractivity contribution in [3.63, 3.8) is 0 Å².